The molecule has 4 aromatic rings. The van der Waals surface area contributed by atoms with Crippen molar-refractivity contribution in [2.75, 3.05) is 31.4 Å². The number of carbonyl (C=O) groups is 1. The molecule has 2 saturated carbocycles. The van der Waals surface area contributed by atoms with Crippen LogP contribution in [-0.2, 0) is 4.79 Å². The minimum absolute atomic E-state index is 0.0304. The van der Waals surface area contributed by atoms with E-state index in [-0.39, 0.29) is 23.4 Å². The summed E-state index contributed by atoms with van der Waals surface area (Å²) < 4.78 is 30.8. The molecule has 2 N–H and O–H groups in total. The number of H-pyrrole nitrogens is 1. The second kappa shape index (κ2) is 9.50. The Kier molecular flexibility index (Phi) is 6.26. The summed E-state index contributed by atoms with van der Waals surface area (Å²) in [5.74, 6) is -1.13. The van der Waals surface area contributed by atoms with Crippen LogP contribution in [0.2, 0.25) is 5.02 Å². The second-order valence-corrected chi connectivity index (χ2v) is 11.1. The van der Waals surface area contributed by atoms with Crippen LogP contribution in [0.1, 0.15) is 32.1 Å². The van der Waals surface area contributed by atoms with Crippen LogP contribution in [-0.4, -0.2) is 70.0 Å². The first-order valence-corrected chi connectivity index (χ1v) is 13.3. The van der Waals surface area contributed by atoms with Gasteiger partial charge in [0.2, 0.25) is 5.91 Å². The van der Waals surface area contributed by atoms with Crippen molar-refractivity contribution in [3.8, 4) is 11.1 Å². The highest BCUT2D eigenvalue weighted by Crippen LogP contribution is 2.44. The lowest BCUT2D eigenvalue weighted by atomic mass is 9.89. The van der Waals surface area contributed by atoms with Crippen LogP contribution in [0.15, 0.2) is 30.6 Å². The Bertz CT molecular complexity index is 1520. The average Bonchev–Trinajstić information content (AvgIpc) is 3.25. The summed E-state index contributed by atoms with van der Waals surface area (Å²) in [6.07, 6.45) is 6.62. The highest BCUT2D eigenvalue weighted by atomic mass is 35.5. The molecule has 11 heteroatoms. The number of aromatic amines is 1. The Morgan fingerprint density at radius 3 is 2.58 bits per heavy atom. The number of halogens is 3. The van der Waals surface area contributed by atoms with Crippen LogP contribution in [0.4, 0.5) is 20.3 Å². The Labute approximate surface area is 223 Å². The number of nitrogens with one attached hydrogen (secondary N) is 2. The van der Waals surface area contributed by atoms with Crippen molar-refractivity contribution >= 4 is 45.4 Å². The number of benzene rings is 1. The van der Waals surface area contributed by atoms with Gasteiger partial charge in [-0.05, 0) is 63.9 Å². The third kappa shape index (κ3) is 4.29. The van der Waals surface area contributed by atoms with Crippen molar-refractivity contribution < 1.29 is 13.6 Å². The average molecular weight is 542 g/mol. The summed E-state index contributed by atoms with van der Waals surface area (Å²) in [6, 6.07) is 6.07. The topological polar surface area (TPSA) is 81.6 Å². The molecule has 1 aromatic carbocycles. The molecule has 0 radical (unpaired) electrons. The predicted octanol–water partition coefficient (Wildman–Crippen LogP) is 5.28. The van der Waals surface area contributed by atoms with Gasteiger partial charge in [0.15, 0.2) is 11.6 Å². The van der Waals surface area contributed by atoms with E-state index in [0.29, 0.717) is 39.7 Å². The third-order valence-corrected chi connectivity index (χ3v) is 8.47. The van der Waals surface area contributed by atoms with Gasteiger partial charge in [0.1, 0.15) is 11.9 Å². The van der Waals surface area contributed by atoms with Crippen molar-refractivity contribution in [1.29, 1.82) is 0 Å². The number of nitrogens with zero attached hydrogens (tertiary/aromatic N) is 5. The number of aromatic nitrogens is 4. The number of rotatable bonds is 6. The maximum Gasteiger partial charge on any atom is 0.231 e. The third-order valence-electron chi connectivity index (χ3n) is 8.12. The van der Waals surface area contributed by atoms with E-state index in [9.17, 15) is 9.18 Å². The number of pyridine rings is 1. The smallest absolute Gasteiger partial charge is 0.231 e. The summed E-state index contributed by atoms with van der Waals surface area (Å²) >= 11 is 6.73. The van der Waals surface area contributed by atoms with E-state index in [1.165, 1.54) is 0 Å². The number of anilines is 2. The van der Waals surface area contributed by atoms with Crippen molar-refractivity contribution in [3.05, 3.63) is 41.4 Å². The molecule has 2 unspecified atom stereocenters. The van der Waals surface area contributed by atoms with Crippen molar-refractivity contribution in [1.82, 2.24) is 24.7 Å². The van der Waals surface area contributed by atoms with Gasteiger partial charge in [0, 0.05) is 42.3 Å². The minimum Gasteiger partial charge on any atom is -0.367 e. The Morgan fingerprint density at radius 2 is 1.89 bits per heavy atom. The molecule has 2 aliphatic carbocycles. The van der Waals surface area contributed by atoms with Gasteiger partial charge in [-0.25, -0.2) is 13.3 Å². The molecule has 3 aromatic heterocycles. The predicted molar refractivity (Wildman–Crippen MR) is 145 cm³/mol. The fourth-order valence-electron chi connectivity index (χ4n) is 5.72. The molecule has 3 heterocycles. The molecule has 2 aliphatic rings. The van der Waals surface area contributed by atoms with Crippen LogP contribution in [0.5, 0.6) is 0 Å². The summed E-state index contributed by atoms with van der Waals surface area (Å²) in [4.78, 5) is 16.4. The van der Waals surface area contributed by atoms with E-state index in [2.05, 4.69) is 39.6 Å². The zero-order chi connectivity index (χ0) is 26.7. The molecule has 0 saturated heterocycles. The first-order valence-electron chi connectivity index (χ1n) is 12.9. The van der Waals surface area contributed by atoms with Gasteiger partial charge in [-0.15, -0.1) is 0 Å². The molecule has 0 spiro atoms. The van der Waals surface area contributed by atoms with Gasteiger partial charge >= 0.3 is 0 Å². The maximum atomic E-state index is 16.0. The fraction of sp³-hybridized carbons (Fsp3) is 0.444. The molecule has 2 fully saturated rings. The van der Waals surface area contributed by atoms with E-state index < -0.39 is 17.9 Å². The van der Waals surface area contributed by atoms with Gasteiger partial charge in [0.25, 0.3) is 0 Å². The number of hydrogen-bond acceptors (Lipinski definition) is 5. The van der Waals surface area contributed by atoms with E-state index in [0.717, 1.165) is 31.1 Å². The number of hydrogen-bond donors (Lipinski definition) is 2. The summed E-state index contributed by atoms with van der Waals surface area (Å²) in [5, 5.41) is 15.0. The Balaban J connectivity index is 1.33. The standard InChI is InChI=1S/C27H30ClF2N7O/c1-35(2)15-4-6-16(7-5-15)36(3)26-24(30)23(28)22(19-13-31-33-25(19)26)14-8-9-37-17(10-14)11-21(34-37)32-27(38)18-12-20(18)29/h8-11,13,15-16,18,20H,4-7,12H2,1-3H3,(H,31,33)(H,32,34,38). The highest BCUT2D eigenvalue weighted by Gasteiger charge is 2.43. The van der Waals surface area contributed by atoms with E-state index in [1.807, 2.05) is 18.0 Å². The SMILES string of the molecule is CN(C)C1CCC(N(C)c2c(F)c(Cl)c(-c3ccn4nc(NC(=O)C5CC5F)cc4c3)c3cn[nH]c23)CC1. The lowest BCUT2D eigenvalue weighted by molar-refractivity contribution is -0.117. The number of amides is 1. The highest BCUT2D eigenvalue weighted by molar-refractivity contribution is 6.36. The van der Waals surface area contributed by atoms with Crippen LogP contribution in [0.3, 0.4) is 0 Å². The van der Waals surface area contributed by atoms with E-state index in [1.54, 1.807) is 29.0 Å². The van der Waals surface area contributed by atoms with Gasteiger partial charge in [0.05, 0.1) is 28.2 Å². The molecule has 38 heavy (non-hydrogen) atoms. The Hall–Kier alpha value is -3.24. The molecule has 0 bridgehead atoms. The van der Waals surface area contributed by atoms with Crippen LogP contribution in [0.25, 0.3) is 27.5 Å². The molecular weight excluding hydrogens is 512 g/mol. The number of fused-ring (bicyclic) bond motifs is 2. The van der Waals surface area contributed by atoms with Gasteiger partial charge < -0.3 is 15.1 Å². The number of carbonyl (C=O) groups excluding carboxylic acids is 1. The molecule has 0 aliphatic heterocycles. The normalized spacial score (nSPS) is 23.3. The van der Waals surface area contributed by atoms with Crippen LogP contribution >= 0.6 is 11.6 Å². The molecule has 6 rings (SSSR count). The quantitative estimate of drug-likeness (QED) is 0.347. The maximum absolute atomic E-state index is 16.0. The minimum atomic E-state index is -1.08. The largest absolute Gasteiger partial charge is 0.367 e. The van der Waals surface area contributed by atoms with Gasteiger partial charge in [-0.3, -0.25) is 9.89 Å². The monoisotopic (exact) mass is 541 g/mol. The number of alkyl halides is 1. The zero-order valence-corrected chi connectivity index (χ0v) is 22.3. The molecule has 1 amide bonds. The van der Waals surface area contributed by atoms with Crippen LogP contribution < -0.4 is 10.2 Å². The summed E-state index contributed by atoms with van der Waals surface area (Å²) in [6.45, 7) is 0. The molecule has 2 atom stereocenters. The second-order valence-electron chi connectivity index (χ2n) is 10.7. The van der Waals surface area contributed by atoms with Gasteiger partial charge in [-0.1, -0.05) is 11.6 Å². The molecule has 8 nitrogen and oxygen atoms in total. The molecule has 200 valence electrons. The van der Waals surface area contributed by atoms with Gasteiger partial charge in [-0.2, -0.15) is 10.2 Å². The zero-order valence-electron chi connectivity index (χ0n) is 21.5. The fourth-order valence-corrected chi connectivity index (χ4v) is 6.02. The Morgan fingerprint density at radius 1 is 1.18 bits per heavy atom. The first-order chi connectivity index (χ1) is 18.2. The molecular formula is C27H30ClF2N7O. The first kappa shape index (κ1) is 25.1. The van der Waals surface area contributed by atoms with Crippen molar-refractivity contribution in [3.63, 3.8) is 0 Å². The lowest BCUT2D eigenvalue weighted by Crippen LogP contribution is -2.40. The van der Waals surface area contributed by atoms with Crippen molar-refractivity contribution in [2.45, 2.75) is 50.4 Å². The van der Waals surface area contributed by atoms with E-state index >= 15 is 4.39 Å². The van der Waals surface area contributed by atoms with E-state index in [4.69, 9.17) is 11.6 Å². The van der Waals surface area contributed by atoms with Crippen LogP contribution in [0, 0.1) is 11.7 Å². The lowest BCUT2D eigenvalue weighted by Gasteiger charge is -2.38. The van der Waals surface area contributed by atoms with Crippen molar-refractivity contribution in [2.24, 2.45) is 5.92 Å². The summed E-state index contributed by atoms with van der Waals surface area (Å²) in [7, 11) is 6.14. The summed E-state index contributed by atoms with van der Waals surface area (Å²) in [5.41, 5.74) is 2.94.